The average Bonchev–Trinajstić information content (AvgIpc) is 3.03. The fourth-order valence-electron chi connectivity index (χ4n) is 2.26. The highest BCUT2D eigenvalue weighted by atomic mass is 32.2. The van der Waals surface area contributed by atoms with Crippen molar-refractivity contribution < 1.29 is 17.7 Å². The van der Waals surface area contributed by atoms with E-state index >= 15 is 0 Å². The van der Waals surface area contributed by atoms with Crippen LogP contribution in [-0.4, -0.2) is 66.8 Å². The van der Waals surface area contributed by atoms with Gasteiger partial charge in [-0.05, 0) is 19.7 Å². The molecule has 0 unspecified atom stereocenters. The van der Waals surface area contributed by atoms with E-state index in [1.807, 2.05) is 6.26 Å². The van der Waals surface area contributed by atoms with Crippen molar-refractivity contribution in [2.45, 2.75) is 24.8 Å². The lowest BCUT2D eigenvalue weighted by Crippen LogP contribution is -2.41. The van der Waals surface area contributed by atoms with Crippen LogP contribution >= 0.6 is 11.8 Å². The lowest BCUT2D eigenvalue weighted by Gasteiger charge is -2.21. The molecule has 1 atom stereocenters. The Hall–Kier alpha value is -1.13. The maximum atomic E-state index is 11.9. The molecular formula is C12H20N4O4S2. The number of thioether (sulfide) groups is 1. The summed E-state index contributed by atoms with van der Waals surface area (Å²) in [6.45, 7) is 0.322. The molecule has 1 aliphatic rings. The highest BCUT2D eigenvalue weighted by Crippen LogP contribution is 2.16. The van der Waals surface area contributed by atoms with Gasteiger partial charge in [0.1, 0.15) is 0 Å². The topological polar surface area (TPSA) is 105 Å². The second-order valence-electron chi connectivity index (χ2n) is 5.29. The van der Waals surface area contributed by atoms with Crippen LogP contribution in [0.25, 0.3) is 0 Å². The second kappa shape index (κ2) is 7.42. The van der Waals surface area contributed by atoms with Crippen molar-refractivity contribution in [3.63, 3.8) is 0 Å². The molecule has 1 aromatic heterocycles. The Bertz CT molecular complexity index is 616. The van der Waals surface area contributed by atoms with Gasteiger partial charge in [-0.2, -0.15) is 16.7 Å². The first-order chi connectivity index (χ1) is 10.4. The van der Waals surface area contributed by atoms with Gasteiger partial charge in [0.25, 0.3) is 0 Å². The van der Waals surface area contributed by atoms with Gasteiger partial charge in [0.2, 0.25) is 11.8 Å². The third kappa shape index (κ3) is 4.96. The minimum absolute atomic E-state index is 0.0904. The Morgan fingerprint density at radius 2 is 2.32 bits per heavy atom. The molecule has 0 aromatic carbocycles. The van der Waals surface area contributed by atoms with Crippen molar-refractivity contribution in [2.24, 2.45) is 0 Å². The smallest absolute Gasteiger partial charge is 0.246 e. The van der Waals surface area contributed by atoms with Crippen molar-refractivity contribution in [3.8, 4) is 0 Å². The van der Waals surface area contributed by atoms with Gasteiger partial charge < -0.3 is 9.84 Å². The van der Waals surface area contributed by atoms with Crippen molar-refractivity contribution >= 4 is 27.5 Å². The van der Waals surface area contributed by atoms with Crippen LogP contribution in [0.3, 0.4) is 0 Å². The minimum atomic E-state index is -2.94. The number of sulfone groups is 1. The largest absolute Gasteiger partial charge is 0.346 e. The highest BCUT2D eigenvalue weighted by molar-refractivity contribution is 7.97. The zero-order valence-corrected chi connectivity index (χ0v) is 14.2. The fourth-order valence-corrected chi connectivity index (χ4v) is 4.44. The van der Waals surface area contributed by atoms with E-state index in [0.29, 0.717) is 23.9 Å². The third-order valence-corrected chi connectivity index (χ3v) is 5.74. The number of hydrogen-bond acceptors (Lipinski definition) is 8. The zero-order chi connectivity index (χ0) is 16.2. The van der Waals surface area contributed by atoms with Crippen LogP contribution in [0.2, 0.25) is 0 Å². The van der Waals surface area contributed by atoms with Gasteiger partial charge in [-0.25, -0.2) is 8.42 Å². The summed E-state index contributed by atoms with van der Waals surface area (Å²) in [5.74, 6) is 1.75. The number of likely N-dealkylation sites (N-methyl/N-ethyl adjacent to an activating group) is 1. The number of carbonyl (C=O) groups is 1. The van der Waals surface area contributed by atoms with Crippen molar-refractivity contribution in [1.29, 1.82) is 0 Å². The van der Waals surface area contributed by atoms with Gasteiger partial charge in [0, 0.05) is 6.04 Å². The van der Waals surface area contributed by atoms with E-state index in [-0.39, 0.29) is 36.5 Å². The highest BCUT2D eigenvalue weighted by Gasteiger charge is 2.31. The van der Waals surface area contributed by atoms with Crippen LogP contribution in [0.1, 0.15) is 18.1 Å². The summed E-state index contributed by atoms with van der Waals surface area (Å²) >= 11 is 1.59. The van der Waals surface area contributed by atoms with Gasteiger partial charge in [-0.15, -0.1) is 0 Å². The quantitative estimate of drug-likeness (QED) is 0.714. The molecular weight excluding hydrogens is 328 g/mol. The maximum Gasteiger partial charge on any atom is 0.246 e. The molecule has 1 saturated heterocycles. The van der Waals surface area contributed by atoms with E-state index in [4.69, 9.17) is 4.52 Å². The van der Waals surface area contributed by atoms with Gasteiger partial charge in [-0.3, -0.25) is 9.69 Å². The van der Waals surface area contributed by atoms with Crippen LogP contribution in [0.4, 0.5) is 0 Å². The number of nitrogens with zero attached hydrogens (tertiary/aromatic N) is 3. The summed E-state index contributed by atoms with van der Waals surface area (Å²) in [4.78, 5) is 17.8. The number of carbonyl (C=O) groups excluding carboxylic acids is 1. The van der Waals surface area contributed by atoms with E-state index < -0.39 is 9.84 Å². The number of nitrogens with one attached hydrogen (secondary N) is 1. The summed E-state index contributed by atoms with van der Waals surface area (Å²) < 4.78 is 27.9. The SMILES string of the molecule is CSCc1noc(CNC(=O)CN(C)[C@@H]2CCS(=O)(=O)C2)n1. The fraction of sp³-hybridized carbons (Fsp3) is 0.750. The Morgan fingerprint density at radius 1 is 1.55 bits per heavy atom. The first-order valence-electron chi connectivity index (χ1n) is 6.87. The molecule has 1 aliphatic heterocycles. The molecule has 0 bridgehead atoms. The number of hydrogen-bond donors (Lipinski definition) is 1. The molecule has 2 rings (SSSR count). The summed E-state index contributed by atoms with van der Waals surface area (Å²) in [5.41, 5.74) is 0. The van der Waals surface area contributed by atoms with Gasteiger partial charge >= 0.3 is 0 Å². The molecule has 1 N–H and O–H groups in total. The molecule has 1 fully saturated rings. The van der Waals surface area contributed by atoms with E-state index in [0.717, 1.165) is 0 Å². The van der Waals surface area contributed by atoms with Crippen LogP contribution in [0.15, 0.2) is 4.52 Å². The van der Waals surface area contributed by atoms with Gasteiger partial charge in [-0.1, -0.05) is 5.16 Å². The molecule has 1 amide bonds. The van der Waals surface area contributed by atoms with E-state index in [2.05, 4.69) is 15.5 Å². The van der Waals surface area contributed by atoms with Crippen LogP contribution in [0, 0.1) is 0 Å². The number of amides is 1. The summed E-state index contributed by atoms with van der Waals surface area (Å²) in [7, 11) is -1.18. The third-order valence-electron chi connectivity index (χ3n) is 3.45. The molecule has 0 radical (unpaired) electrons. The Kier molecular flexibility index (Phi) is 5.81. The van der Waals surface area contributed by atoms with Gasteiger partial charge in [0.05, 0.1) is 30.3 Å². The predicted molar refractivity (Wildman–Crippen MR) is 83.1 cm³/mol. The van der Waals surface area contributed by atoms with Crippen molar-refractivity contribution in [1.82, 2.24) is 20.4 Å². The van der Waals surface area contributed by atoms with E-state index in [1.165, 1.54) is 0 Å². The van der Waals surface area contributed by atoms with Crippen LogP contribution in [0.5, 0.6) is 0 Å². The van der Waals surface area contributed by atoms with Crippen molar-refractivity contribution in [3.05, 3.63) is 11.7 Å². The lowest BCUT2D eigenvalue weighted by atomic mass is 10.2. The van der Waals surface area contributed by atoms with E-state index in [1.54, 1.807) is 23.7 Å². The molecule has 22 heavy (non-hydrogen) atoms. The second-order valence-corrected chi connectivity index (χ2v) is 8.38. The van der Waals surface area contributed by atoms with Crippen molar-refractivity contribution in [2.75, 3.05) is 31.4 Å². The molecule has 1 aromatic rings. The average molecular weight is 348 g/mol. The molecule has 0 saturated carbocycles. The molecule has 8 nitrogen and oxygen atoms in total. The Balaban J connectivity index is 1.75. The Labute approximate surface area is 133 Å². The van der Waals surface area contributed by atoms with Gasteiger partial charge in [0.15, 0.2) is 15.7 Å². The monoisotopic (exact) mass is 348 g/mol. The normalized spacial score (nSPS) is 20.4. The van der Waals surface area contributed by atoms with Crippen LogP contribution < -0.4 is 5.32 Å². The summed E-state index contributed by atoms with van der Waals surface area (Å²) in [5, 5.41) is 6.48. The molecule has 10 heteroatoms. The predicted octanol–water partition coefficient (Wildman–Crippen LogP) is -0.332. The molecule has 0 spiro atoms. The first kappa shape index (κ1) is 17.2. The zero-order valence-electron chi connectivity index (χ0n) is 12.6. The summed E-state index contributed by atoms with van der Waals surface area (Å²) in [6.07, 6.45) is 2.52. The molecule has 0 aliphatic carbocycles. The summed E-state index contributed by atoms with van der Waals surface area (Å²) in [6, 6.07) is -0.0904. The Morgan fingerprint density at radius 3 is 2.95 bits per heavy atom. The standard InChI is InChI=1S/C12H20N4O4S2/c1-16(9-3-4-22(18,19)8-9)6-11(17)13-5-12-14-10(7-21-2)15-20-12/h9H,3-8H2,1-2H3,(H,13,17)/t9-/m1/s1. The number of rotatable bonds is 7. The molecule has 124 valence electrons. The van der Waals surface area contributed by atoms with E-state index in [9.17, 15) is 13.2 Å². The minimum Gasteiger partial charge on any atom is -0.346 e. The maximum absolute atomic E-state index is 11.9. The molecule has 2 heterocycles. The van der Waals surface area contributed by atoms with Crippen LogP contribution in [-0.2, 0) is 26.9 Å². The lowest BCUT2D eigenvalue weighted by molar-refractivity contribution is -0.122. The first-order valence-corrected chi connectivity index (χ1v) is 10.1. The number of aromatic nitrogens is 2.